The molecule has 0 bridgehead atoms. The number of ether oxygens (including phenoxy) is 1. The van der Waals surface area contributed by atoms with Crippen molar-refractivity contribution in [1.82, 2.24) is 4.98 Å². The van der Waals surface area contributed by atoms with Crippen LogP contribution in [0.25, 0.3) is 10.9 Å². The average molecular weight is 274 g/mol. The lowest BCUT2D eigenvalue weighted by Crippen LogP contribution is -1.98. The number of nitrogens with one attached hydrogen (secondary N) is 1. The molecule has 0 saturated carbocycles. The van der Waals surface area contributed by atoms with Crippen molar-refractivity contribution in [2.24, 2.45) is 0 Å². The second kappa shape index (κ2) is 4.23. The van der Waals surface area contributed by atoms with Crippen LogP contribution >= 0.6 is 10.7 Å². The Morgan fingerprint density at radius 3 is 2.65 bits per heavy atom. The molecular weight excluding hydrogens is 262 g/mol. The number of aryl methyl sites for hydroxylation is 1. The molecule has 2 rings (SSSR count). The number of methoxy groups -OCH3 is 1. The van der Waals surface area contributed by atoms with Gasteiger partial charge >= 0.3 is 0 Å². The zero-order chi connectivity index (χ0) is 12.6. The maximum atomic E-state index is 11.1. The van der Waals surface area contributed by atoms with Crippen LogP contribution in [-0.2, 0) is 14.8 Å². The van der Waals surface area contributed by atoms with E-state index in [-0.39, 0.29) is 5.75 Å². The summed E-state index contributed by atoms with van der Waals surface area (Å²) in [6.07, 6.45) is 0. The molecule has 0 amide bonds. The van der Waals surface area contributed by atoms with E-state index in [0.717, 1.165) is 16.6 Å². The van der Waals surface area contributed by atoms with E-state index in [0.29, 0.717) is 11.3 Å². The zero-order valence-corrected chi connectivity index (χ0v) is 11.0. The van der Waals surface area contributed by atoms with Crippen LogP contribution in [0.4, 0.5) is 0 Å². The fourth-order valence-corrected chi connectivity index (χ4v) is 2.79. The zero-order valence-electron chi connectivity index (χ0n) is 9.45. The third kappa shape index (κ3) is 2.73. The number of aromatic nitrogens is 1. The van der Waals surface area contributed by atoms with Crippen LogP contribution in [0.2, 0.25) is 0 Å². The third-order valence-electron chi connectivity index (χ3n) is 2.48. The molecule has 1 heterocycles. The van der Waals surface area contributed by atoms with Gasteiger partial charge in [0.05, 0.1) is 12.9 Å². The highest BCUT2D eigenvalue weighted by atomic mass is 35.7. The maximum absolute atomic E-state index is 11.1. The summed E-state index contributed by atoms with van der Waals surface area (Å²) in [5.41, 5.74) is 2.43. The lowest BCUT2D eigenvalue weighted by molar-refractivity contribution is 0.411. The van der Waals surface area contributed by atoms with Crippen molar-refractivity contribution in [2.75, 3.05) is 7.11 Å². The van der Waals surface area contributed by atoms with Gasteiger partial charge in [-0.25, -0.2) is 8.42 Å². The molecule has 2 aromatic rings. The molecule has 0 aliphatic rings. The van der Waals surface area contributed by atoms with E-state index in [4.69, 9.17) is 15.4 Å². The molecule has 0 aliphatic heterocycles. The molecule has 0 spiro atoms. The van der Waals surface area contributed by atoms with Crippen LogP contribution in [0, 0.1) is 6.92 Å². The van der Waals surface area contributed by atoms with Gasteiger partial charge in [-0.2, -0.15) is 0 Å². The minimum absolute atomic E-state index is 0.244. The van der Waals surface area contributed by atoms with Crippen LogP contribution in [0.1, 0.15) is 11.3 Å². The number of halogens is 1. The standard InChI is InChI=1S/C11H12ClNO3S/c1-7-3-8-5-11(16-2)9(4-10(8)13-7)6-17(12,14)15/h3-5,13H,6H2,1-2H3. The Morgan fingerprint density at radius 1 is 1.35 bits per heavy atom. The van der Waals surface area contributed by atoms with Crippen molar-refractivity contribution in [1.29, 1.82) is 0 Å². The fraction of sp³-hybridized carbons (Fsp3) is 0.273. The number of aromatic amines is 1. The number of benzene rings is 1. The molecule has 0 aliphatic carbocycles. The molecule has 1 aromatic carbocycles. The van der Waals surface area contributed by atoms with Gasteiger partial charge in [0.15, 0.2) is 0 Å². The molecule has 0 radical (unpaired) electrons. The lowest BCUT2D eigenvalue weighted by atomic mass is 10.1. The van der Waals surface area contributed by atoms with E-state index in [1.807, 2.05) is 13.0 Å². The first-order valence-corrected chi connectivity index (χ1v) is 7.45. The van der Waals surface area contributed by atoms with Gasteiger partial charge in [0, 0.05) is 32.8 Å². The van der Waals surface area contributed by atoms with Crippen molar-refractivity contribution in [3.8, 4) is 5.75 Å². The first kappa shape index (κ1) is 12.3. The maximum Gasteiger partial charge on any atom is 0.236 e. The Hall–Kier alpha value is -1.20. The van der Waals surface area contributed by atoms with Crippen LogP contribution in [-0.4, -0.2) is 20.5 Å². The van der Waals surface area contributed by atoms with Gasteiger partial charge in [0.2, 0.25) is 9.05 Å². The summed E-state index contributed by atoms with van der Waals surface area (Å²) in [5, 5.41) is 0.982. The minimum atomic E-state index is -3.59. The van der Waals surface area contributed by atoms with Gasteiger partial charge in [0.1, 0.15) is 5.75 Å². The number of H-pyrrole nitrogens is 1. The van der Waals surface area contributed by atoms with Gasteiger partial charge in [-0.1, -0.05) is 0 Å². The molecule has 0 atom stereocenters. The average Bonchev–Trinajstić information content (AvgIpc) is 2.53. The van der Waals surface area contributed by atoms with E-state index < -0.39 is 9.05 Å². The normalized spacial score (nSPS) is 11.9. The SMILES string of the molecule is COc1cc2cc(C)[nH]c2cc1CS(=O)(=O)Cl. The molecule has 0 unspecified atom stereocenters. The molecule has 0 fully saturated rings. The van der Waals surface area contributed by atoms with Crippen molar-refractivity contribution in [3.63, 3.8) is 0 Å². The second-order valence-corrected chi connectivity index (χ2v) is 6.66. The van der Waals surface area contributed by atoms with Crippen LogP contribution in [0.15, 0.2) is 18.2 Å². The van der Waals surface area contributed by atoms with Crippen molar-refractivity contribution in [2.45, 2.75) is 12.7 Å². The molecule has 1 N–H and O–H groups in total. The monoisotopic (exact) mass is 273 g/mol. The molecule has 0 saturated heterocycles. The van der Waals surface area contributed by atoms with Crippen LogP contribution in [0.3, 0.4) is 0 Å². The summed E-state index contributed by atoms with van der Waals surface area (Å²) in [4.78, 5) is 3.14. The van der Waals surface area contributed by atoms with Crippen LogP contribution < -0.4 is 4.74 Å². The summed E-state index contributed by atoms with van der Waals surface area (Å²) in [6.45, 7) is 1.93. The van der Waals surface area contributed by atoms with E-state index in [1.165, 1.54) is 7.11 Å². The summed E-state index contributed by atoms with van der Waals surface area (Å²) in [7, 11) is 3.17. The predicted molar refractivity (Wildman–Crippen MR) is 68.1 cm³/mol. The van der Waals surface area contributed by atoms with E-state index >= 15 is 0 Å². The molecule has 4 nitrogen and oxygen atoms in total. The third-order valence-corrected chi connectivity index (χ3v) is 3.47. The molecular formula is C11H12ClNO3S. The van der Waals surface area contributed by atoms with E-state index in [9.17, 15) is 8.42 Å². The summed E-state index contributed by atoms with van der Waals surface area (Å²) in [5.74, 6) is 0.284. The Balaban J connectivity index is 2.60. The van der Waals surface area contributed by atoms with Gasteiger partial charge < -0.3 is 9.72 Å². The minimum Gasteiger partial charge on any atom is -0.496 e. The molecule has 1 aromatic heterocycles. The number of hydrogen-bond acceptors (Lipinski definition) is 3. The van der Waals surface area contributed by atoms with Gasteiger partial charge in [-0.3, -0.25) is 0 Å². The highest BCUT2D eigenvalue weighted by molar-refractivity contribution is 8.13. The smallest absolute Gasteiger partial charge is 0.236 e. The quantitative estimate of drug-likeness (QED) is 0.875. The van der Waals surface area contributed by atoms with Crippen molar-refractivity contribution < 1.29 is 13.2 Å². The largest absolute Gasteiger partial charge is 0.496 e. The highest BCUT2D eigenvalue weighted by Gasteiger charge is 2.14. The lowest BCUT2D eigenvalue weighted by Gasteiger charge is -2.07. The first-order valence-electron chi connectivity index (χ1n) is 4.97. The van der Waals surface area contributed by atoms with Crippen molar-refractivity contribution >= 4 is 30.6 Å². The number of rotatable bonds is 3. The van der Waals surface area contributed by atoms with Gasteiger partial charge in [-0.05, 0) is 25.1 Å². The van der Waals surface area contributed by atoms with Gasteiger partial charge in [0.25, 0.3) is 0 Å². The Bertz CT molecular complexity index is 661. The molecule has 6 heteroatoms. The van der Waals surface area contributed by atoms with E-state index in [2.05, 4.69) is 4.98 Å². The molecule has 17 heavy (non-hydrogen) atoms. The highest BCUT2D eigenvalue weighted by Crippen LogP contribution is 2.28. The van der Waals surface area contributed by atoms with E-state index in [1.54, 1.807) is 12.1 Å². The fourth-order valence-electron chi connectivity index (χ4n) is 1.84. The number of fused-ring (bicyclic) bond motifs is 1. The van der Waals surface area contributed by atoms with Crippen LogP contribution in [0.5, 0.6) is 5.75 Å². The summed E-state index contributed by atoms with van der Waals surface area (Å²) in [6, 6.07) is 5.52. The molecule has 92 valence electrons. The summed E-state index contributed by atoms with van der Waals surface area (Å²) < 4.78 is 27.4. The Morgan fingerprint density at radius 2 is 2.06 bits per heavy atom. The topological polar surface area (TPSA) is 59.2 Å². The second-order valence-electron chi connectivity index (χ2n) is 3.89. The summed E-state index contributed by atoms with van der Waals surface area (Å²) >= 11 is 0. The Labute approximate surface area is 104 Å². The Kier molecular flexibility index (Phi) is 3.05. The van der Waals surface area contributed by atoms with Crippen molar-refractivity contribution in [3.05, 3.63) is 29.5 Å². The number of hydrogen-bond donors (Lipinski definition) is 1. The first-order chi connectivity index (χ1) is 7.89. The van der Waals surface area contributed by atoms with Gasteiger partial charge in [-0.15, -0.1) is 0 Å². The predicted octanol–water partition coefficient (Wildman–Crippen LogP) is 2.55.